The van der Waals surface area contributed by atoms with E-state index in [-0.39, 0.29) is 22.8 Å². The average Bonchev–Trinajstić information content (AvgIpc) is 2.64. The van der Waals surface area contributed by atoms with Crippen LogP contribution in [0.3, 0.4) is 0 Å². The SMILES string of the molecule is CCOc1cccc(C=O)c1OC1CS(=O)(=O)CC1O. The fraction of sp³-hybridized carbons (Fsp3) is 0.462. The van der Waals surface area contributed by atoms with Gasteiger partial charge < -0.3 is 14.6 Å². The molecule has 0 bridgehead atoms. The van der Waals surface area contributed by atoms with Crippen molar-refractivity contribution in [1.82, 2.24) is 0 Å². The van der Waals surface area contributed by atoms with Gasteiger partial charge in [0.2, 0.25) is 0 Å². The summed E-state index contributed by atoms with van der Waals surface area (Å²) in [5, 5.41) is 9.74. The number of ether oxygens (including phenoxy) is 2. The van der Waals surface area contributed by atoms with Crippen LogP contribution < -0.4 is 9.47 Å². The lowest BCUT2D eigenvalue weighted by atomic mass is 10.2. The number of aliphatic hydroxyl groups excluding tert-OH is 1. The van der Waals surface area contributed by atoms with Crippen LogP contribution in [-0.2, 0) is 9.84 Å². The van der Waals surface area contributed by atoms with Crippen molar-refractivity contribution < 1.29 is 27.8 Å². The molecule has 1 aromatic carbocycles. The Kier molecular flexibility index (Phi) is 4.29. The largest absolute Gasteiger partial charge is 0.490 e. The maximum Gasteiger partial charge on any atom is 0.172 e. The predicted molar refractivity (Wildman–Crippen MR) is 72.1 cm³/mol. The molecule has 2 atom stereocenters. The van der Waals surface area contributed by atoms with Crippen LogP contribution in [0.4, 0.5) is 0 Å². The van der Waals surface area contributed by atoms with E-state index in [0.717, 1.165) is 0 Å². The number of aliphatic hydroxyl groups is 1. The summed E-state index contributed by atoms with van der Waals surface area (Å²) in [6.45, 7) is 2.16. The molecular formula is C13H16O6S. The highest BCUT2D eigenvalue weighted by atomic mass is 32.2. The van der Waals surface area contributed by atoms with E-state index in [9.17, 15) is 18.3 Å². The zero-order chi connectivity index (χ0) is 14.8. The number of carbonyl (C=O) groups excluding carboxylic acids is 1. The van der Waals surface area contributed by atoms with Crippen molar-refractivity contribution in [2.45, 2.75) is 19.1 Å². The third-order valence-electron chi connectivity index (χ3n) is 2.98. The Morgan fingerprint density at radius 3 is 2.70 bits per heavy atom. The average molecular weight is 300 g/mol. The second-order valence-corrected chi connectivity index (χ2v) is 6.68. The van der Waals surface area contributed by atoms with Gasteiger partial charge in [0.05, 0.1) is 23.7 Å². The van der Waals surface area contributed by atoms with Crippen molar-refractivity contribution in [3.63, 3.8) is 0 Å². The van der Waals surface area contributed by atoms with E-state index in [1.165, 1.54) is 0 Å². The Balaban J connectivity index is 2.30. The van der Waals surface area contributed by atoms with Crippen LogP contribution in [-0.4, -0.2) is 50.1 Å². The fourth-order valence-electron chi connectivity index (χ4n) is 2.08. The van der Waals surface area contributed by atoms with Gasteiger partial charge >= 0.3 is 0 Å². The highest BCUT2D eigenvalue weighted by Gasteiger charge is 2.38. The molecule has 1 heterocycles. The zero-order valence-corrected chi connectivity index (χ0v) is 11.8. The third kappa shape index (κ3) is 3.10. The van der Waals surface area contributed by atoms with Crippen LogP contribution in [0, 0.1) is 0 Å². The molecule has 0 aromatic heterocycles. The fourth-order valence-corrected chi connectivity index (χ4v) is 3.74. The molecule has 0 amide bonds. The quantitative estimate of drug-likeness (QED) is 0.793. The summed E-state index contributed by atoms with van der Waals surface area (Å²) in [7, 11) is -3.31. The molecule has 1 aliphatic heterocycles. The summed E-state index contributed by atoms with van der Waals surface area (Å²) in [6, 6.07) is 4.81. The molecule has 6 nitrogen and oxygen atoms in total. The van der Waals surface area contributed by atoms with E-state index in [1.807, 2.05) is 0 Å². The van der Waals surface area contributed by atoms with Gasteiger partial charge in [-0.05, 0) is 19.1 Å². The highest BCUT2D eigenvalue weighted by molar-refractivity contribution is 7.91. The molecular weight excluding hydrogens is 284 g/mol. The number of hydrogen-bond donors (Lipinski definition) is 1. The van der Waals surface area contributed by atoms with Crippen molar-refractivity contribution >= 4 is 16.1 Å². The molecule has 1 fully saturated rings. The highest BCUT2D eigenvalue weighted by Crippen LogP contribution is 2.33. The molecule has 2 unspecified atom stereocenters. The van der Waals surface area contributed by atoms with E-state index in [2.05, 4.69) is 0 Å². The Hall–Kier alpha value is -1.60. The molecule has 7 heteroatoms. The second-order valence-electron chi connectivity index (χ2n) is 4.53. The van der Waals surface area contributed by atoms with Crippen LogP contribution in [0.15, 0.2) is 18.2 Å². The van der Waals surface area contributed by atoms with Gasteiger partial charge in [-0.1, -0.05) is 6.07 Å². The maximum atomic E-state index is 11.5. The number of benzene rings is 1. The minimum atomic E-state index is -3.31. The van der Waals surface area contributed by atoms with E-state index in [0.29, 0.717) is 18.6 Å². The normalized spacial score (nSPS) is 24.3. The van der Waals surface area contributed by atoms with Gasteiger partial charge in [0, 0.05) is 0 Å². The molecule has 0 spiro atoms. The summed E-state index contributed by atoms with van der Waals surface area (Å²) in [5.41, 5.74) is 0.257. The number of hydrogen-bond acceptors (Lipinski definition) is 6. The number of sulfone groups is 1. The van der Waals surface area contributed by atoms with Gasteiger partial charge in [0.25, 0.3) is 0 Å². The van der Waals surface area contributed by atoms with Crippen molar-refractivity contribution in [1.29, 1.82) is 0 Å². The lowest BCUT2D eigenvalue weighted by molar-refractivity contribution is 0.0704. The first kappa shape index (κ1) is 14.8. The predicted octanol–water partition coefficient (Wildman–Crippen LogP) is 0.434. The minimum absolute atomic E-state index is 0.172. The Morgan fingerprint density at radius 2 is 2.15 bits per heavy atom. The van der Waals surface area contributed by atoms with Gasteiger partial charge in [0.15, 0.2) is 27.6 Å². The Labute approximate surface area is 117 Å². The zero-order valence-electron chi connectivity index (χ0n) is 11.0. The number of para-hydroxylation sites is 1. The van der Waals surface area contributed by atoms with E-state index in [1.54, 1.807) is 25.1 Å². The molecule has 2 rings (SSSR count). The van der Waals surface area contributed by atoms with Gasteiger partial charge in [0.1, 0.15) is 12.2 Å². The molecule has 1 aliphatic rings. The molecule has 110 valence electrons. The smallest absolute Gasteiger partial charge is 0.172 e. The van der Waals surface area contributed by atoms with Crippen LogP contribution >= 0.6 is 0 Å². The van der Waals surface area contributed by atoms with Gasteiger partial charge in [-0.3, -0.25) is 4.79 Å². The maximum absolute atomic E-state index is 11.5. The summed E-state index contributed by atoms with van der Waals surface area (Å²) < 4.78 is 33.8. The number of aldehydes is 1. The van der Waals surface area contributed by atoms with Crippen LogP contribution in [0.5, 0.6) is 11.5 Å². The second kappa shape index (κ2) is 5.80. The van der Waals surface area contributed by atoms with Crippen molar-refractivity contribution in [2.24, 2.45) is 0 Å². The van der Waals surface area contributed by atoms with Gasteiger partial charge in [-0.15, -0.1) is 0 Å². The molecule has 1 aromatic rings. The molecule has 1 N–H and O–H groups in total. The standard InChI is InChI=1S/C13H16O6S/c1-2-18-11-5-3-4-9(6-14)13(11)19-12-8-20(16,17)7-10(12)15/h3-6,10,12,15H,2,7-8H2,1H3. The summed E-state index contributed by atoms with van der Waals surface area (Å²) >= 11 is 0. The van der Waals surface area contributed by atoms with Crippen LogP contribution in [0.2, 0.25) is 0 Å². The number of carbonyl (C=O) groups is 1. The van der Waals surface area contributed by atoms with Gasteiger partial charge in [-0.2, -0.15) is 0 Å². The third-order valence-corrected chi connectivity index (χ3v) is 4.66. The van der Waals surface area contributed by atoms with E-state index >= 15 is 0 Å². The topological polar surface area (TPSA) is 89.9 Å². The Morgan fingerprint density at radius 1 is 1.40 bits per heavy atom. The Bertz CT molecular complexity index is 595. The molecule has 20 heavy (non-hydrogen) atoms. The molecule has 0 aliphatic carbocycles. The lowest BCUT2D eigenvalue weighted by Crippen LogP contribution is -2.30. The summed E-state index contributed by atoms with van der Waals surface area (Å²) in [4.78, 5) is 11.1. The van der Waals surface area contributed by atoms with Crippen LogP contribution in [0.1, 0.15) is 17.3 Å². The summed E-state index contributed by atoms with van der Waals surface area (Å²) in [5.74, 6) is -0.0724. The van der Waals surface area contributed by atoms with Crippen LogP contribution in [0.25, 0.3) is 0 Å². The molecule has 0 saturated carbocycles. The van der Waals surface area contributed by atoms with E-state index < -0.39 is 22.0 Å². The first-order valence-electron chi connectivity index (χ1n) is 6.23. The number of rotatable bonds is 5. The first-order valence-corrected chi connectivity index (χ1v) is 8.05. The first-order chi connectivity index (χ1) is 9.46. The summed E-state index contributed by atoms with van der Waals surface area (Å²) in [6.07, 6.45) is -1.39. The van der Waals surface area contributed by atoms with Crippen molar-refractivity contribution in [3.8, 4) is 11.5 Å². The lowest BCUT2D eigenvalue weighted by Gasteiger charge is -2.19. The van der Waals surface area contributed by atoms with Crippen molar-refractivity contribution in [3.05, 3.63) is 23.8 Å². The minimum Gasteiger partial charge on any atom is -0.490 e. The van der Waals surface area contributed by atoms with E-state index in [4.69, 9.17) is 9.47 Å². The van der Waals surface area contributed by atoms with Gasteiger partial charge in [-0.25, -0.2) is 8.42 Å². The molecule has 1 saturated heterocycles. The molecule has 0 radical (unpaired) electrons. The monoisotopic (exact) mass is 300 g/mol. The van der Waals surface area contributed by atoms with Crippen molar-refractivity contribution in [2.75, 3.05) is 18.1 Å².